The van der Waals surface area contributed by atoms with Crippen LogP contribution in [-0.2, 0) is 6.54 Å². The quantitative estimate of drug-likeness (QED) is 0.492. The summed E-state index contributed by atoms with van der Waals surface area (Å²) in [5.41, 5.74) is 2.61. The minimum atomic E-state index is -0.517. The fourth-order valence-electron chi connectivity index (χ4n) is 3.04. The molecule has 0 atom stereocenters. The third-order valence-electron chi connectivity index (χ3n) is 4.56. The molecule has 1 amide bonds. The number of pyridine rings is 1. The Morgan fingerprint density at radius 3 is 2.81 bits per heavy atom. The first-order valence-electron chi connectivity index (χ1n) is 9.29. The highest BCUT2D eigenvalue weighted by Crippen LogP contribution is 2.26. The van der Waals surface area contributed by atoms with E-state index in [4.69, 9.17) is 16.3 Å². The van der Waals surface area contributed by atoms with Crippen molar-refractivity contribution in [2.24, 2.45) is 0 Å². The lowest BCUT2D eigenvalue weighted by atomic mass is 10.1. The number of benzene rings is 2. The maximum atomic E-state index is 13.4. The van der Waals surface area contributed by atoms with Gasteiger partial charge in [0, 0.05) is 30.6 Å². The molecule has 2 aromatic carbocycles. The second kappa shape index (κ2) is 8.93. The van der Waals surface area contributed by atoms with Gasteiger partial charge in [-0.25, -0.2) is 9.07 Å². The second-order valence-corrected chi connectivity index (χ2v) is 6.98. The van der Waals surface area contributed by atoms with E-state index in [1.807, 2.05) is 24.3 Å². The van der Waals surface area contributed by atoms with E-state index in [1.165, 1.54) is 12.1 Å². The molecule has 2 heterocycles. The van der Waals surface area contributed by atoms with Gasteiger partial charge in [-0.1, -0.05) is 28.9 Å². The van der Waals surface area contributed by atoms with Crippen LogP contribution >= 0.6 is 11.6 Å². The van der Waals surface area contributed by atoms with Crippen molar-refractivity contribution in [1.82, 2.24) is 25.3 Å². The molecule has 7 nitrogen and oxygen atoms in total. The zero-order valence-corrected chi connectivity index (χ0v) is 17.2. The van der Waals surface area contributed by atoms with Crippen molar-refractivity contribution in [2.45, 2.75) is 6.54 Å². The highest BCUT2D eigenvalue weighted by Gasteiger charge is 2.22. The van der Waals surface area contributed by atoms with E-state index in [9.17, 15) is 9.18 Å². The number of aromatic nitrogens is 4. The highest BCUT2D eigenvalue weighted by atomic mass is 35.5. The van der Waals surface area contributed by atoms with Crippen LogP contribution in [0, 0.1) is 5.82 Å². The molecule has 0 fully saturated rings. The van der Waals surface area contributed by atoms with Gasteiger partial charge in [0.2, 0.25) is 0 Å². The Morgan fingerprint density at radius 2 is 2.06 bits per heavy atom. The van der Waals surface area contributed by atoms with Gasteiger partial charge in [-0.05, 0) is 42.0 Å². The standard InChI is InChI=1S/C22H17ClFN5O2/c1-31-17-6-2-5-16(11-17)29-21(15-4-3-9-25-13-15)20(27-28-29)22(30)26-12-14-7-8-19(24)18(23)10-14/h2-11,13H,12H2,1H3,(H,26,30). The summed E-state index contributed by atoms with van der Waals surface area (Å²) in [6.45, 7) is 0.150. The van der Waals surface area contributed by atoms with Gasteiger partial charge in [-0.15, -0.1) is 5.10 Å². The maximum Gasteiger partial charge on any atom is 0.274 e. The summed E-state index contributed by atoms with van der Waals surface area (Å²) >= 11 is 5.82. The molecule has 4 aromatic rings. The van der Waals surface area contributed by atoms with Crippen LogP contribution in [0.5, 0.6) is 5.75 Å². The Balaban J connectivity index is 1.69. The molecule has 0 aliphatic heterocycles. The van der Waals surface area contributed by atoms with Gasteiger partial charge in [0.25, 0.3) is 5.91 Å². The lowest BCUT2D eigenvalue weighted by molar-refractivity contribution is 0.0946. The van der Waals surface area contributed by atoms with Gasteiger partial charge in [-0.3, -0.25) is 9.78 Å². The summed E-state index contributed by atoms with van der Waals surface area (Å²) in [5, 5.41) is 11.1. The number of halogens is 2. The number of carbonyl (C=O) groups is 1. The van der Waals surface area contributed by atoms with Gasteiger partial charge in [0.15, 0.2) is 5.69 Å². The van der Waals surface area contributed by atoms with Crippen molar-refractivity contribution < 1.29 is 13.9 Å². The summed E-state index contributed by atoms with van der Waals surface area (Å²) in [5.74, 6) is -0.311. The fourth-order valence-corrected chi connectivity index (χ4v) is 3.24. The van der Waals surface area contributed by atoms with E-state index in [2.05, 4.69) is 20.6 Å². The number of hydrogen-bond donors (Lipinski definition) is 1. The fraction of sp³-hybridized carbons (Fsp3) is 0.0909. The Hall–Kier alpha value is -3.78. The molecule has 0 spiro atoms. The minimum Gasteiger partial charge on any atom is -0.497 e. The summed E-state index contributed by atoms with van der Waals surface area (Å²) in [6, 6.07) is 15.1. The molecule has 0 unspecified atom stereocenters. The first kappa shape index (κ1) is 20.5. The van der Waals surface area contributed by atoms with Crippen molar-refractivity contribution in [3.8, 4) is 22.7 Å². The van der Waals surface area contributed by atoms with Crippen molar-refractivity contribution >= 4 is 17.5 Å². The molecule has 0 saturated heterocycles. The zero-order chi connectivity index (χ0) is 21.8. The third-order valence-corrected chi connectivity index (χ3v) is 4.84. The number of ether oxygens (including phenoxy) is 1. The normalized spacial score (nSPS) is 10.7. The number of carbonyl (C=O) groups excluding carboxylic acids is 1. The molecule has 0 bridgehead atoms. The van der Waals surface area contributed by atoms with E-state index in [0.717, 1.165) is 0 Å². The molecule has 156 valence electrons. The van der Waals surface area contributed by atoms with Crippen molar-refractivity contribution in [3.05, 3.63) is 89.1 Å². The van der Waals surface area contributed by atoms with Crippen molar-refractivity contribution in [2.75, 3.05) is 7.11 Å². The summed E-state index contributed by atoms with van der Waals surface area (Å²) in [6.07, 6.45) is 3.27. The first-order valence-corrected chi connectivity index (χ1v) is 9.67. The van der Waals surface area contributed by atoms with E-state index in [-0.39, 0.29) is 17.3 Å². The van der Waals surface area contributed by atoms with Crippen molar-refractivity contribution in [1.29, 1.82) is 0 Å². The molecule has 9 heteroatoms. The Kier molecular flexibility index (Phi) is 5.90. The molecular formula is C22H17ClFN5O2. The zero-order valence-electron chi connectivity index (χ0n) is 16.4. The van der Waals surface area contributed by atoms with Crippen LogP contribution in [-0.4, -0.2) is 33.0 Å². The van der Waals surface area contributed by atoms with Gasteiger partial charge in [-0.2, -0.15) is 0 Å². The lowest BCUT2D eigenvalue weighted by Gasteiger charge is -2.10. The Bertz CT molecular complexity index is 1230. The number of methoxy groups -OCH3 is 1. The molecule has 0 aliphatic carbocycles. The van der Waals surface area contributed by atoms with Crippen LogP contribution in [0.2, 0.25) is 5.02 Å². The minimum absolute atomic E-state index is 0.00762. The molecule has 0 saturated carbocycles. The van der Waals surface area contributed by atoms with Crippen LogP contribution < -0.4 is 10.1 Å². The molecule has 4 rings (SSSR count). The van der Waals surface area contributed by atoms with Gasteiger partial charge in [0.1, 0.15) is 17.3 Å². The largest absolute Gasteiger partial charge is 0.497 e. The SMILES string of the molecule is COc1cccc(-n2nnc(C(=O)NCc3ccc(F)c(Cl)c3)c2-c2cccnc2)c1. The molecule has 0 radical (unpaired) electrons. The van der Waals surface area contributed by atoms with Crippen LogP contribution in [0.3, 0.4) is 0 Å². The van der Waals surface area contributed by atoms with Gasteiger partial charge < -0.3 is 10.1 Å². The van der Waals surface area contributed by atoms with Crippen LogP contribution in [0.15, 0.2) is 67.0 Å². The van der Waals surface area contributed by atoms with E-state index >= 15 is 0 Å². The van der Waals surface area contributed by atoms with Gasteiger partial charge >= 0.3 is 0 Å². The summed E-state index contributed by atoms with van der Waals surface area (Å²) in [7, 11) is 1.57. The molecule has 2 aromatic heterocycles. The molecule has 1 N–H and O–H groups in total. The number of rotatable bonds is 6. The molecule has 0 aliphatic rings. The number of nitrogens with one attached hydrogen (secondary N) is 1. The average Bonchev–Trinajstić information content (AvgIpc) is 3.25. The Morgan fingerprint density at radius 1 is 1.19 bits per heavy atom. The number of nitrogens with zero attached hydrogens (tertiary/aromatic N) is 4. The van der Waals surface area contributed by atoms with Crippen LogP contribution in [0.25, 0.3) is 16.9 Å². The van der Waals surface area contributed by atoms with Crippen molar-refractivity contribution in [3.63, 3.8) is 0 Å². The smallest absolute Gasteiger partial charge is 0.274 e. The third kappa shape index (κ3) is 4.39. The van der Waals surface area contributed by atoms with E-state index in [1.54, 1.807) is 42.4 Å². The Labute approximate surface area is 182 Å². The summed E-state index contributed by atoms with van der Waals surface area (Å²) < 4.78 is 20.2. The molecular weight excluding hydrogens is 421 g/mol. The van der Waals surface area contributed by atoms with Crippen LogP contribution in [0.4, 0.5) is 4.39 Å². The number of hydrogen-bond acceptors (Lipinski definition) is 5. The second-order valence-electron chi connectivity index (χ2n) is 6.57. The van der Waals surface area contributed by atoms with E-state index in [0.29, 0.717) is 28.3 Å². The molecule has 31 heavy (non-hydrogen) atoms. The highest BCUT2D eigenvalue weighted by molar-refractivity contribution is 6.30. The van der Waals surface area contributed by atoms with E-state index < -0.39 is 11.7 Å². The lowest BCUT2D eigenvalue weighted by Crippen LogP contribution is -2.24. The summed E-state index contributed by atoms with van der Waals surface area (Å²) in [4.78, 5) is 17.1. The number of amides is 1. The predicted octanol–water partition coefficient (Wildman–Crippen LogP) is 4.06. The maximum absolute atomic E-state index is 13.4. The topological polar surface area (TPSA) is 81.9 Å². The van der Waals surface area contributed by atoms with Crippen LogP contribution in [0.1, 0.15) is 16.1 Å². The monoisotopic (exact) mass is 437 g/mol. The van der Waals surface area contributed by atoms with Gasteiger partial charge in [0.05, 0.1) is 17.8 Å². The average molecular weight is 438 g/mol. The first-order chi connectivity index (χ1) is 15.1. The predicted molar refractivity (Wildman–Crippen MR) is 114 cm³/mol.